The van der Waals surface area contributed by atoms with Gasteiger partial charge < -0.3 is 4.57 Å². The van der Waals surface area contributed by atoms with E-state index in [1.165, 1.54) is 12.8 Å². The Morgan fingerprint density at radius 3 is 2.85 bits per heavy atom. The van der Waals surface area contributed by atoms with Gasteiger partial charge in [0.25, 0.3) is 0 Å². The lowest BCUT2D eigenvalue weighted by atomic mass is 10.2. The fraction of sp³-hybridized carbons (Fsp3) is 0.500. The number of nitriles is 1. The molecule has 106 valence electrons. The molecule has 1 heterocycles. The van der Waals surface area contributed by atoms with Gasteiger partial charge in [-0.25, -0.2) is 4.98 Å². The van der Waals surface area contributed by atoms with Gasteiger partial charge in [-0.3, -0.25) is 4.90 Å². The van der Waals surface area contributed by atoms with E-state index in [0.717, 1.165) is 23.4 Å². The molecule has 0 aliphatic heterocycles. The number of nitrogens with zero attached hydrogens (tertiary/aromatic N) is 4. The third-order valence-corrected chi connectivity index (χ3v) is 3.81. The second kappa shape index (κ2) is 6.53. The SMILES string of the molecule is CCCCN(C)C(C)c1nc2ccccc2n1CC#N. The first-order valence-corrected chi connectivity index (χ1v) is 7.21. The summed E-state index contributed by atoms with van der Waals surface area (Å²) >= 11 is 0. The van der Waals surface area contributed by atoms with Crippen molar-refractivity contribution in [3.05, 3.63) is 30.1 Å². The Hall–Kier alpha value is -1.86. The monoisotopic (exact) mass is 270 g/mol. The maximum atomic E-state index is 9.07. The average Bonchev–Trinajstić information content (AvgIpc) is 2.83. The van der Waals surface area contributed by atoms with Crippen LogP contribution in [0.15, 0.2) is 24.3 Å². The molecule has 2 aromatic rings. The van der Waals surface area contributed by atoms with Gasteiger partial charge in [-0.15, -0.1) is 0 Å². The molecule has 0 saturated heterocycles. The fourth-order valence-electron chi connectivity index (χ4n) is 2.45. The van der Waals surface area contributed by atoms with Gasteiger partial charge in [0.1, 0.15) is 12.4 Å². The van der Waals surface area contributed by atoms with Crippen molar-refractivity contribution in [1.82, 2.24) is 14.5 Å². The van der Waals surface area contributed by atoms with Crippen LogP contribution in [0.3, 0.4) is 0 Å². The summed E-state index contributed by atoms with van der Waals surface area (Å²) in [5, 5.41) is 9.07. The van der Waals surface area contributed by atoms with Crippen molar-refractivity contribution in [2.45, 2.75) is 39.3 Å². The second-order valence-corrected chi connectivity index (χ2v) is 5.21. The van der Waals surface area contributed by atoms with E-state index in [1.54, 1.807) is 0 Å². The van der Waals surface area contributed by atoms with E-state index < -0.39 is 0 Å². The molecule has 0 saturated carbocycles. The first kappa shape index (κ1) is 14.5. The van der Waals surface area contributed by atoms with Crippen LogP contribution in [-0.4, -0.2) is 28.0 Å². The van der Waals surface area contributed by atoms with Gasteiger partial charge in [0.2, 0.25) is 0 Å². The van der Waals surface area contributed by atoms with Crippen LogP contribution in [0.25, 0.3) is 11.0 Å². The van der Waals surface area contributed by atoms with Crippen LogP contribution >= 0.6 is 0 Å². The molecule has 20 heavy (non-hydrogen) atoms. The summed E-state index contributed by atoms with van der Waals surface area (Å²) in [7, 11) is 2.12. The van der Waals surface area contributed by atoms with Crippen molar-refractivity contribution in [2.75, 3.05) is 13.6 Å². The number of benzene rings is 1. The van der Waals surface area contributed by atoms with E-state index in [0.29, 0.717) is 6.54 Å². The smallest absolute Gasteiger partial charge is 0.127 e. The number of fused-ring (bicyclic) bond motifs is 1. The zero-order chi connectivity index (χ0) is 14.5. The molecular formula is C16H22N4. The lowest BCUT2D eigenvalue weighted by Gasteiger charge is -2.24. The zero-order valence-electron chi connectivity index (χ0n) is 12.5. The molecule has 1 unspecified atom stereocenters. The summed E-state index contributed by atoms with van der Waals surface area (Å²) in [6, 6.07) is 10.5. The van der Waals surface area contributed by atoms with Crippen molar-refractivity contribution in [3.63, 3.8) is 0 Å². The number of hydrogen-bond donors (Lipinski definition) is 0. The maximum Gasteiger partial charge on any atom is 0.127 e. The molecule has 1 aromatic carbocycles. The third-order valence-electron chi connectivity index (χ3n) is 3.81. The van der Waals surface area contributed by atoms with Crippen LogP contribution in [0.5, 0.6) is 0 Å². The average molecular weight is 270 g/mol. The Bertz CT molecular complexity index is 608. The molecule has 0 fully saturated rings. The largest absolute Gasteiger partial charge is 0.313 e. The Labute approximate surface area is 120 Å². The quantitative estimate of drug-likeness (QED) is 0.808. The summed E-state index contributed by atoms with van der Waals surface area (Å²) in [6.07, 6.45) is 2.37. The third kappa shape index (κ3) is 2.83. The van der Waals surface area contributed by atoms with Crippen molar-refractivity contribution in [1.29, 1.82) is 5.26 Å². The molecular weight excluding hydrogens is 248 g/mol. The molecule has 1 atom stereocenters. The van der Waals surface area contributed by atoms with E-state index in [9.17, 15) is 0 Å². The molecule has 0 spiro atoms. The van der Waals surface area contributed by atoms with E-state index in [-0.39, 0.29) is 6.04 Å². The summed E-state index contributed by atoms with van der Waals surface area (Å²) in [4.78, 5) is 7.03. The van der Waals surface area contributed by atoms with Crippen LogP contribution in [0.4, 0.5) is 0 Å². The van der Waals surface area contributed by atoms with Crippen LogP contribution in [0.1, 0.15) is 38.6 Å². The Balaban J connectivity index is 2.37. The zero-order valence-corrected chi connectivity index (χ0v) is 12.5. The molecule has 2 rings (SSSR count). The van der Waals surface area contributed by atoms with Crippen molar-refractivity contribution < 1.29 is 0 Å². The number of hydrogen-bond acceptors (Lipinski definition) is 3. The second-order valence-electron chi connectivity index (χ2n) is 5.21. The van der Waals surface area contributed by atoms with Gasteiger partial charge in [-0.05, 0) is 39.1 Å². The number of imidazole rings is 1. The lowest BCUT2D eigenvalue weighted by molar-refractivity contribution is 0.245. The Kier molecular flexibility index (Phi) is 4.75. The van der Waals surface area contributed by atoms with Gasteiger partial charge in [-0.1, -0.05) is 25.5 Å². The summed E-state index contributed by atoms with van der Waals surface area (Å²) in [6.45, 7) is 5.75. The highest BCUT2D eigenvalue weighted by molar-refractivity contribution is 5.76. The number of aromatic nitrogens is 2. The first-order chi connectivity index (χ1) is 9.69. The number of unbranched alkanes of at least 4 members (excludes halogenated alkanes) is 1. The highest BCUT2D eigenvalue weighted by Crippen LogP contribution is 2.24. The summed E-state index contributed by atoms with van der Waals surface area (Å²) in [5.74, 6) is 0.978. The Morgan fingerprint density at radius 1 is 1.40 bits per heavy atom. The standard InChI is InChI=1S/C16H22N4/c1-4-5-11-19(3)13(2)16-18-14-8-6-7-9-15(14)20(16)12-10-17/h6-9,13H,4-5,11-12H2,1-3H3. The van der Waals surface area contributed by atoms with Crippen molar-refractivity contribution in [3.8, 4) is 6.07 Å². The molecule has 0 amide bonds. The minimum absolute atomic E-state index is 0.210. The minimum Gasteiger partial charge on any atom is -0.313 e. The normalized spacial score (nSPS) is 12.8. The van der Waals surface area contributed by atoms with Crippen molar-refractivity contribution in [2.24, 2.45) is 0 Å². The van der Waals surface area contributed by atoms with Gasteiger partial charge in [0, 0.05) is 0 Å². The highest BCUT2D eigenvalue weighted by atomic mass is 15.2. The van der Waals surface area contributed by atoms with E-state index in [4.69, 9.17) is 10.2 Å². The van der Waals surface area contributed by atoms with Crippen LogP contribution in [0, 0.1) is 11.3 Å². The van der Waals surface area contributed by atoms with Gasteiger partial charge in [0.05, 0.1) is 23.1 Å². The van der Waals surface area contributed by atoms with E-state index >= 15 is 0 Å². The van der Waals surface area contributed by atoms with Crippen LogP contribution < -0.4 is 0 Å². The van der Waals surface area contributed by atoms with E-state index in [2.05, 4.69) is 31.9 Å². The van der Waals surface area contributed by atoms with Gasteiger partial charge in [-0.2, -0.15) is 5.26 Å². The first-order valence-electron chi connectivity index (χ1n) is 7.21. The van der Waals surface area contributed by atoms with Gasteiger partial charge >= 0.3 is 0 Å². The predicted octanol–water partition coefficient (Wildman–Crippen LogP) is 3.35. The number of para-hydroxylation sites is 2. The topological polar surface area (TPSA) is 44.9 Å². The molecule has 4 heteroatoms. The number of rotatable bonds is 6. The van der Waals surface area contributed by atoms with Crippen LogP contribution in [-0.2, 0) is 6.54 Å². The molecule has 0 aliphatic rings. The molecule has 4 nitrogen and oxygen atoms in total. The van der Waals surface area contributed by atoms with Crippen molar-refractivity contribution >= 4 is 11.0 Å². The summed E-state index contributed by atoms with van der Waals surface area (Å²) in [5.41, 5.74) is 2.01. The summed E-state index contributed by atoms with van der Waals surface area (Å²) < 4.78 is 2.03. The highest BCUT2D eigenvalue weighted by Gasteiger charge is 2.19. The Morgan fingerprint density at radius 2 is 2.15 bits per heavy atom. The van der Waals surface area contributed by atoms with Crippen LogP contribution in [0.2, 0.25) is 0 Å². The molecule has 0 bridgehead atoms. The molecule has 0 aliphatic carbocycles. The molecule has 0 N–H and O–H groups in total. The fourth-order valence-corrected chi connectivity index (χ4v) is 2.45. The molecule has 0 radical (unpaired) electrons. The van der Waals surface area contributed by atoms with E-state index in [1.807, 2.05) is 28.8 Å². The maximum absolute atomic E-state index is 9.07. The lowest BCUT2D eigenvalue weighted by Crippen LogP contribution is -2.26. The van der Waals surface area contributed by atoms with Gasteiger partial charge in [0.15, 0.2) is 0 Å². The minimum atomic E-state index is 0.210. The molecule has 1 aromatic heterocycles. The predicted molar refractivity (Wildman–Crippen MR) is 81.3 cm³/mol.